The predicted octanol–water partition coefficient (Wildman–Crippen LogP) is 3.49. The van der Waals surface area contributed by atoms with Gasteiger partial charge in [0.25, 0.3) is 0 Å². The first-order valence-corrected chi connectivity index (χ1v) is 8.90. The first kappa shape index (κ1) is 19.4. The summed E-state index contributed by atoms with van der Waals surface area (Å²) in [6.07, 6.45) is 4.78. The van der Waals surface area contributed by atoms with E-state index in [2.05, 4.69) is 11.9 Å². The molecule has 0 aliphatic heterocycles. The van der Waals surface area contributed by atoms with Crippen LogP contribution >= 0.6 is 0 Å². The molecule has 0 saturated carbocycles. The molecule has 1 aromatic heterocycles. The third-order valence-corrected chi connectivity index (χ3v) is 3.73. The topological polar surface area (TPSA) is 70.8 Å². The van der Waals surface area contributed by atoms with E-state index < -0.39 is 5.63 Å². The minimum Gasteiger partial charge on any atom is -0.448 e. The summed E-state index contributed by atoms with van der Waals surface area (Å²) in [5.74, 6) is 0. The van der Waals surface area contributed by atoms with Crippen LogP contribution in [0.5, 0.6) is 6.08 Å². The minimum atomic E-state index is -0.443. The molecule has 0 N–H and O–H groups in total. The molecule has 0 amide bonds. The van der Waals surface area contributed by atoms with E-state index in [4.69, 9.17) is 18.6 Å². The van der Waals surface area contributed by atoms with Crippen LogP contribution in [0, 0.1) is 6.92 Å². The second-order valence-electron chi connectivity index (χ2n) is 5.92. The molecule has 6 heteroatoms. The third-order valence-electron chi connectivity index (χ3n) is 3.73. The number of aryl methyl sites for hydroxylation is 1. The van der Waals surface area contributed by atoms with Gasteiger partial charge in [-0.3, -0.25) is 0 Å². The van der Waals surface area contributed by atoms with E-state index in [0.29, 0.717) is 30.7 Å². The maximum atomic E-state index is 11.9. The largest absolute Gasteiger partial charge is 0.448 e. The number of aromatic nitrogens is 1. The van der Waals surface area contributed by atoms with Gasteiger partial charge >= 0.3 is 11.7 Å². The Balaban J connectivity index is 1.62. The zero-order valence-corrected chi connectivity index (χ0v) is 15.1. The highest BCUT2D eigenvalue weighted by molar-refractivity contribution is 5.77. The van der Waals surface area contributed by atoms with Crippen LogP contribution in [0.15, 0.2) is 27.4 Å². The first-order chi connectivity index (χ1) is 12.2. The molecule has 0 fully saturated rings. The number of ether oxygens (including phenoxy) is 3. The van der Waals surface area contributed by atoms with Crippen molar-refractivity contribution < 1.29 is 18.6 Å². The molecule has 2 rings (SSSR count). The summed E-state index contributed by atoms with van der Waals surface area (Å²) in [6.45, 7) is 6.64. The standard InChI is InChI=1S/C19H27NO5/c1-3-4-5-6-9-22-10-11-23-12-13-24-19-20-17-8-7-15(2)14-16(17)18(21)25-19/h7-8,14H,3-6,9-13H2,1-2H3. The number of fused-ring (bicyclic) bond motifs is 1. The molecular formula is C19H27NO5. The fourth-order valence-electron chi connectivity index (χ4n) is 2.37. The van der Waals surface area contributed by atoms with Crippen LogP contribution in [-0.4, -0.2) is 38.0 Å². The van der Waals surface area contributed by atoms with Crippen LogP contribution in [0.25, 0.3) is 10.9 Å². The summed E-state index contributed by atoms with van der Waals surface area (Å²) in [5, 5.41) is 0.458. The summed E-state index contributed by atoms with van der Waals surface area (Å²) < 4.78 is 21.3. The summed E-state index contributed by atoms with van der Waals surface area (Å²) in [7, 11) is 0. The van der Waals surface area contributed by atoms with Gasteiger partial charge in [-0.25, -0.2) is 4.79 Å². The van der Waals surface area contributed by atoms with Gasteiger partial charge in [0.05, 0.1) is 30.7 Å². The first-order valence-electron chi connectivity index (χ1n) is 8.90. The number of rotatable bonds is 12. The lowest BCUT2D eigenvalue weighted by molar-refractivity contribution is 0.0310. The third kappa shape index (κ3) is 6.84. The summed E-state index contributed by atoms with van der Waals surface area (Å²) >= 11 is 0. The van der Waals surface area contributed by atoms with Crippen molar-refractivity contribution in [3.8, 4) is 6.08 Å². The highest BCUT2D eigenvalue weighted by atomic mass is 16.6. The zero-order valence-electron chi connectivity index (χ0n) is 15.1. The number of hydrogen-bond donors (Lipinski definition) is 0. The van der Waals surface area contributed by atoms with Crippen molar-refractivity contribution in [2.45, 2.75) is 39.5 Å². The van der Waals surface area contributed by atoms with Crippen molar-refractivity contribution in [2.24, 2.45) is 0 Å². The fourth-order valence-corrected chi connectivity index (χ4v) is 2.37. The van der Waals surface area contributed by atoms with Gasteiger partial charge in [-0.2, -0.15) is 4.98 Å². The lowest BCUT2D eigenvalue weighted by Crippen LogP contribution is -2.13. The Morgan fingerprint density at radius 3 is 2.56 bits per heavy atom. The lowest BCUT2D eigenvalue weighted by atomic mass is 10.2. The van der Waals surface area contributed by atoms with E-state index in [-0.39, 0.29) is 12.7 Å². The SMILES string of the molecule is CCCCCCOCCOCCOc1nc2ccc(C)cc2c(=O)o1. The molecule has 0 aliphatic carbocycles. The number of nitrogens with zero attached hydrogens (tertiary/aromatic N) is 1. The fraction of sp³-hybridized carbons (Fsp3) is 0.579. The Morgan fingerprint density at radius 1 is 1.00 bits per heavy atom. The van der Waals surface area contributed by atoms with Gasteiger partial charge in [0.15, 0.2) is 0 Å². The van der Waals surface area contributed by atoms with Crippen molar-refractivity contribution in [2.75, 3.05) is 33.0 Å². The zero-order chi connectivity index (χ0) is 17.9. The maximum absolute atomic E-state index is 11.9. The molecule has 0 radical (unpaired) electrons. The molecule has 0 spiro atoms. The molecule has 2 aromatic rings. The van der Waals surface area contributed by atoms with E-state index in [1.165, 1.54) is 19.3 Å². The van der Waals surface area contributed by atoms with Gasteiger partial charge in [-0.15, -0.1) is 0 Å². The molecule has 0 saturated heterocycles. The molecule has 1 aromatic carbocycles. The molecule has 0 atom stereocenters. The molecule has 1 heterocycles. The summed E-state index contributed by atoms with van der Waals surface area (Å²) in [5.41, 5.74) is 1.10. The second-order valence-corrected chi connectivity index (χ2v) is 5.92. The van der Waals surface area contributed by atoms with Crippen molar-refractivity contribution in [1.82, 2.24) is 4.98 Å². The van der Waals surface area contributed by atoms with Crippen molar-refractivity contribution in [3.63, 3.8) is 0 Å². The molecule has 0 aliphatic rings. The molecule has 6 nitrogen and oxygen atoms in total. The second kappa shape index (κ2) is 10.8. The highest BCUT2D eigenvalue weighted by Gasteiger charge is 2.07. The van der Waals surface area contributed by atoms with Gasteiger partial charge in [0, 0.05) is 6.61 Å². The molecule has 25 heavy (non-hydrogen) atoms. The van der Waals surface area contributed by atoms with E-state index in [9.17, 15) is 4.79 Å². The van der Waals surface area contributed by atoms with Gasteiger partial charge in [-0.05, 0) is 25.5 Å². The van der Waals surface area contributed by atoms with E-state index >= 15 is 0 Å². The Morgan fingerprint density at radius 2 is 1.76 bits per heavy atom. The van der Waals surface area contributed by atoms with E-state index in [1.807, 2.05) is 13.0 Å². The quantitative estimate of drug-likeness (QED) is 0.546. The van der Waals surface area contributed by atoms with Gasteiger partial charge in [0.2, 0.25) is 0 Å². The maximum Gasteiger partial charge on any atom is 0.397 e. The average molecular weight is 349 g/mol. The van der Waals surface area contributed by atoms with Crippen LogP contribution in [0.1, 0.15) is 38.2 Å². The van der Waals surface area contributed by atoms with Crippen LogP contribution in [0.3, 0.4) is 0 Å². The minimum absolute atomic E-state index is 0.0304. The van der Waals surface area contributed by atoms with E-state index in [1.54, 1.807) is 12.1 Å². The Hall–Kier alpha value is -1.92. The van der Waals surface area contributed by atoms with Crippen molar-refractivity contribution >= 4 is 10.9 Å². The normalized spacial score (nSPS) is 11.1. The lowest BCUT2D eigenvalue weighted by Gasteiger charge is -2.07. The molecule has 138 valence electrons. The van der Waals surface area contributed by atoms with Gasteiger partial charge in [-0.1, -0.05) is 37.8 Å². The van der Waals surface area contributed by atoms with Gasteiger partial charge < -0.3 is 18.6 Å². The highest BCUT2D eigenvalue weighted by Crippen LogP contribution is 2.13. The van der Waals surface area contributed by atoms with Crippen LogP contribution < -0.4 is 10.4 Å². The Bertz CT molecular complexity index is 698. The molecular weight excluding hydrogens is 322 g/mol. The monoisotopic (exact) mass is 349 g/mol. The van der Waals surface area contributed by atoms with Crippen molar-refractivity contribution in [1.29, 1.82) is 0 Å². The molecule has 0 bridgehead atoms. The van der Waals surface area contributed by atoms with E-state index in [0.717, 1.165) is 18.6 Å². The number of benzene rings is 1. The van der Waals surface area contributed by atoms with Gasteiger partial charge in [0.1, 0.15) is 6.61 Å². The van der Waals surface area contributed by atoms with Crippen LogP contribution in [0.4, 0.5) is 0 Å². The van der Waals surface area contributed by atoms with Crippen LogP contribution in [0.2, 0.25) is 0 Å². The summed E-state index contributed by atoms with van der Waals surface area (Å²) in [4.78, 5) is 16.1. The Labute approximate surface area is 148 Å². The van der Waals surface area contributed by atoms with Crippen LogP contribution in [-0.2, 0) is 9.47 Å². The Kier molecular flexibility index (Phi) is 8.42. The smallest absolute Gasteiger partial charge is 0.397 e. The number of hydrogen-bond acceptors (Lipinski definition) is 6. The average Bonchev–Trinajstić information content (AvgIpc) is 2.60. The predicted molar refractivity (Wildman–Crippen MR) is 96.3 cm³/mol. The summed E-state index contributed by atoms with van der Waals surface area (Å²) in [6, 6.07) is 5.43. The molecule has 0 unspecified atom stereocenters. The number of unbranched alkanes of at least 4 members (excludes halogenated alkanes) is 3. The van der Waals surface area contributed by atoms with Crippen molar-refractivity contribution in [3.05, 3.63) is 34.2 Å².